The zero-order valence-electron chi connectivity index (χ0n) is 9.59. The van der Waals surface area contributed by atoms with Gasteiger partial charge < -0.3 is 5.32 Å². The van der Waals surface area contributed by atoms with Crippen molar-refractivity contribution in [2.75, 3.05) is 18.1 Å². The standard InChI is InChI=1S/C11H18N2S2/c1-4-12-11(5-6-14-7-11)10-13-8(2)9(3)15-10/h12H,4-7H2,1-3H3. The van der Waals surface area contributed by atoms with Gasteiger partial charge in [-0.05, 0) is 32.6 Å². The second kappa shape index (κ2) is 4.44. The lowest BCUT2D eigenvalue weighted by molar-refractivity contribution is 0.384. The Morgan fingerprint density at radius 1 is 1.47 bits per heavy atom. The largest absolute Gasteiger partial charge is 0.305 e. The number of aryl methyl sites for hydroxylation is 2. The molecular formula is C11H18N2S2. The third-order valence-corrected chi connectivity index (χ3v) is 5.44. The lowest BCUT2D eigenvalue weighted by atomic mass is 10.00. The SMILES string of the molecule is CCNC1(c2nc(C)c(C)s2)CCSC1. The minimum atomic E-state index is 0.170. The Morgan fingerprint density at radius 3 is 2.73 bits per heavy atom. The predicted octanol–water partition coefficient (Wildman–Crippen LogP) is 2.70. The van der Waals surface area contributed by atoms with Crippen LogP contribution >= 0.6 is 23.1 Å². The van der Waals surface area contributed by atoms with Crippen molar-refractivity contribution >= 4 is 23.1 Å². The van der Waals surface area contributed by atoms with E-state index >= 15 is 0 Å². The highest BCUT2D eigenvalue weighted by molar-refractivity contribution is 7.99. The van der Waals surface area contributed by atoms with Crippen molar-refractivity contribution in [1.82, 2.24) is 10.3 Å². The molecule has 1 aliphatic rings. The average molecular weight is 242 g/mol. The summed E-state index contributed by atoms with van der Waals surface area (Å²) in [6.45, 7) is 7.48. The molecule has 1 fully saturated rings. The van der Waals surface area contributed by atoms with E-state index in [4.69, 9.17) is 4.98 Å². The highest BCUT2D eigenvalue weighted by Gasteiger charge is 2.38. The molecule has 0 aliphatic carbocycles. The summed E-state index contributed by atoms with van der Waals surface area (Å²) >= 11 is 3.90. The molecule has 0 aromatic carbocycles. The maximum Gasteiger partial charge on any atom is 0.114 e. The van der Waals surface area contributed by atoms with Crippen molar-refractivity contribution < 1.29 is 0 Å². The Balaban J connectivity index is 2.31. The van der Waals surface area contributed by atoms with Crippen molar-refractivity contribution in [3.63, 3.8) is 0 Å². The fraction of sp³-hybridized carbons (Fsp3) is 0.727. The monoisotopic (exact) mass is 242 g/mol. The molecule has 1 aliphatic heterocycles. The van der Waals surface area contributed by atoms with Gasteiger partial charge in [0.1, 0.15) is 5.01 Å². The minimum Gasteiger partial charge on any atom is -0.305 e. The van der Waals surface area contributed by atoms with Gasteiger partial charge in [0.2, 0.25) is 0 Å². The minimum absolute atomic E-state index is 0.170. The predicted molar refractivity (Wildman–Crippen MR) is 68.9 cm³/mol. The lowest BCUT2D eigenvalue weighted by Crippen LogP contribution is -2.42. The Labute approximate surface area is 99.9 Å². The van der Waals surface area contributed by atoms with Gasteiger partial charge in [-0.2, -0.15) is 11.8 Å². The summed E-state index contributed by atoms with van der Waals surface area (Å²) in [6, 6.07) is 0. The van der Waals surface area contributed by atoms with Gasteiger partial charge in [-0.3, -0.25) is 0 Å². The molecule has 0 bridgehead atoms. The molecular weight excluding hydrogens is 224 g/mol. The second-order valence-electron chi connectivity index (χ2n) is 4.08. The van der Waals surface area contributed by atoms with Gasteiger partial charge in [0.05, 0.1) is 11.2 Å². The zero-order chi connectivity index (χ0) is 10.9. The van der Waals surface area contributed by atoms with Crippen LogP contribution in [0.5, 0.6) is 0 Å². The molecule has 0 radical (unpaired) electrons. The van der Waals surface area contributed by atoms with E-state index in [1.165, 1.54) is 33.5 Å². The van der Waals surface area contributed by atoms with E-state index in [1.54, 1.807) is 0 Å². The number of thiazole rings is 1. The maximum atomic E-state index is 4.73. The van der Waals surface area contributed by atoms with Gasteiger partial charge in [-0.15, -0.1) is 11.3 Å². The topological polar surface area (TPSA) is 24.9 Å². The number of aromatic nitrogens is 1. The van der Waals surface area contributed by atoms with Crippen molar-refractivity contribution in [2.24, 2.45) is 0 Å². The van der Waals surface area contributed by atoms with Gasteiger partial charge in [0, 0.05) is 10.6 Å². The first-order valence-electron chi connectivity index (χ1n) is 5.45. The number of thioether (sulfide) groups is 1. The quantitative estimate of drug-likeness (QED) is 0.882. The van der Waals surface area contributed by atoms with Gasteiger partial charge >= 0.3 is 0 Å². The van der Waals surface area contributed by atoms with Crippen molar-refractivity contribution in [1.29, 1.82) is 0 Å². The highest BCUT2D eigenvalue weighted by Crippen LogP contribution is 2.39. The number of hydrogen-bond donors (Lipinski definition) is 1. The van der Waals surface area contributed by atoms with Crippen LogP contribution in [-0.2, 0) is 5.54 Å². The van der Waals surface area contributed by atoms with Crippen LogP contribution < -0.4 is 5.32 Å². The van der Waals surface area contributed by atoms with E-state index in [0.717, 1.165) is 6.54 Å². The first-order valence-corrected chi connectivity index (χ1v) is 7.42. The molecule has 0 saturated carbocycles. The zero-order valence-corrected chi connectivity index (χ0v) is 11.2. The molecule has 15 heavy (non-hydrogen) atoms. The average Bonchev–Trinajstić information content (AvgIpc) is 2.77. The molecule has 1 aromatic rings. The van der Waals surface area contributed by atoms with Crippen LogP contribution in [-0.4, -0.2) is 23.0 Å². The number of rotatable bonds is 3. The Hall–Kier alpha value is -0.0600. The summed E-state index contributed by atoms with van der Waals surface area (Å²) in [5.74, 6) is 2.43. The fourth-order valence-electron chi connectivity index (χ4n) is 1.96. The van der Waals surface area contributed by atoms with Crippen LogP contribution in [0.1, 0.15) is 28.9 Å². The third-order valence-electron chi connectivity index (χ3n) is 2.97. The Morgan fingerprint density at radius 2 is 2.27 bits per heavy atom. The van der Waals surface area contributed by atoms with E-state index in [1.807, 2.05) is 23.1 Å². The number of nitrogens with zero attached hydrogens (tertiary/aromatic N) is 1. The molecule has 4 heteroatoms. The van der Waals surface area contributed by atoms with E-state index in [9.17, 15) is 0 Å². The number of nitrogens with one attached hydrogen (secondary N) is 1. The Kier molecular flexibility index (Phi) is 3.38. The van der Waals surface area contributed by atoms with Crippen LogP contribution in [0.3, 0.4) is 0 Å². The summed E-state index contributed by atoms with van der Waals surface area (Å²) in [4.78, 5) is 6.09. The van der Waals surface area contributed by atoms with Crippen LogP contribution in [0.4, 0.5) is 0 Å². The molecule has 2 nitrogen and oxygen atoms in total. The van der Waals surface area contributed by atoms with Crippen molar-refractivity contribution in [3.8, 4) is 0 Å². The van der Waals surface area contributed by atoms with Gasteiger partial charge in [0.25, 0.3) is 0 Å². The van der Waals surface area contributed by atoms with Gasteiger partial charge in [-0.25, -0.2) is 4.98 Å². The molecule has 0 amide bonds. The van der Waals surface area contributed by atoms with Gasteiger partial charge in [-0.1, -0.05) is 6.92 Å². The molecule has 1 unspecified atom stereocenters. The van der Waals surface area contributed by atoms with Crippen LogP contribution in [0.25, 0.3) is 0 Å². The first-order chi connectivity index (χ1) is 7.18. The van der Waals surface area contributed by atoms with Crippen molar-refractivity contribution in [3.05, 3.63) is 15.6 Å². The van der Waals surface area contributed by atoms with Crippen LogP contribution in [0.15, 0.2) is 0 Å². The Bertz CT molecular complexity index is 321. The van der Waals surface area contributed by atoms with E-state index in [0.29, 0.717) is 0 Å². The fourth-order valence-corrected chi connectivity index (χ4v) is 4.53. The summed E-state index contributed by atoms with van der Waals surface area (Å²) in [7, 11) is 0. The van der Waals surface area contributed by atoms with Crippen molar-refractivity contribution in [2.45, 2.75) is 32.7 Å². The van der Waals surface area contributed by atoms with E-state index in [-0.39, 0.29) is 5.54 Å². The summed E-state index contributed by atoms with van der Waals surface area (Å²) in [5, 5.41) is 4.94. The van der Waals surface area contributed by atoms with Crippen LogP contribution in [0.2, 0.25) is 0 Å². The lowest BCUT2D eigenvalue weighted by Gasteiger charge is -2.26. The second-order valence-corrected chi connectivity index (χ2v) is 6.38. The maximum absolute atomic E-state index is 4.73. The normalized spacial score (nSPS) is 26.1. The molecule has 0 spiro atoms. The molecule has 2 heterocycles. The number of hydrogen-bond acceptors (Lipinski definition) is 4. The first kappa shape index (κ1) is 11.4. The van der Waals surface area contributed by atoms with Crippen LogP contribution in [0, 0.1) is 13.8 Å². The van der Waals surface area contributed by atoms with E-state index < -0.39 is 0 Å². The smallest absolute Gasteiger partial charge is 0.114 e. The summed E-state index contributed by atoms with van der Waals surface area (Å²) < 4.78 is 0. The van der Waals surface area contributed by atoms with E-state index in [2.05, 4.69) is 26.1 Å². The summed E-state index contributed by atoms with van der Waals surface area (Å²) in [5.41, 5.74) is 1.37. The van der Waals surface area contributed by atoms with Gasteiger partial charge in [0.15, 0.2) is 0 Å². The molecule has 2 rings (SSSR count). The molecule has 1 aromatic heterocycles. The molecule has 1 saturated heterocycles. The molecule has 84 valence electrons. The third kappa shape index (κ3) is 2.08. The molecule has 1 atom stereocenters. The summed E-state index contributed by atoms with van der Waals surface area (Å²) in [6.07, 6.45) is 1.22. The highest BCUT2D eigenvalue weighted by atomic mass is 32.2. The molecule has 1 N–H and O–H groups in total.